The molecule has 2 heterocycles. The fourth-order valence-corrected chi connectivity index (χ4v) is 3.27. The van der Waals surface area contributed by atoms with Gasteiger partial charge in [0, 0.05) is 17.6 Å². The Bertz CT molecular complexity index is 1370. The van der Waals surface area contributed by atoms with Gasteiger partial charge in [0.15, 0.2) is 11.2 Å². The second kappa shape index (κ2) is 8.00. The maximum Gasteiger partial charge on any atom is 0.329 e. The van der Waals surface area contributed by atoms with Gasteiger partial charge in [-0.05, 0) is 18.6 Å². The minimum atomic E-state index is -0.529. The molecule has 0 aliphatic rings. The number of nitrogens with one attached hydrogen (secondary N) is 2. The van der Waals surface area contributed by atoms with Crippen molar-refractivity contribution in [3.63, 3.8) is 0 Å². The van der Waals surface area contributed by atoms with Crippen molar-refractivity contribution in [1.29, 1.82) is 0 Å². The number of hydrazone groups is 1. The third-order valence-corrected chi connectivity index (χ3v) is 5.09. The number of fused-ring (bicyclic) bond motifs is 1. The van der Waals surface area contributed by atoms with Crippen LogP contribution in [0.1, 0.15) is 16.7 Å². The molecule has 0 bridgehead atoms. The number of aromatic amines is 1. The molecule has 0 saturated heterocycles. The van der Waals surface area contributed by atoms with Gasteiger partial charge in [-0.25, -0.2) is 10.2 Å². The van der Waals surface area contributed by atoms with Crippen molar-refractivity contribution < 1.29 is 0 Å². The van der Waals surface area contributed by atoms with Crippen LogP contribution in [0.25, 0.3) is 11.2 Å². The van der Waals surface area contributed by atoms with Crippen molar-refractivity contribution in [3.05, 3.63) is 91.1 Å². The summed E-state index contributed by atoms with van der Waals surface area (Å²) in [6.07, 6.45) is 1.57. The van der Waals surface area contributed by atoms with Crippen molar-refractivity contribution in [2.24, 2.45) is 12.1 Å². The number of hydrogen-bond acceptors (Lipinski definition) is 5. The molecule has 2 N–H and O–H groups in total. The number of aromatic nitrogens is 4. The molecule has 0 unspecified atom stereocenters. The lowest BCUT2D eigenvalue weighted by Crippen LogP contribution is -2.29. The SMILES string of the molecule is Cc1ccc(Cn2c(NN=Cc3ccccc3Cl)nc3c2c(=O)[nH]c(=O)n3C)cc1. The highest BCUT2D eigenvalue weighted by Gasteiger charge is 2.17. The van der Waals surface area contributed by atoms with E-state index < -0.39 is 11.2 Å². The Morgan fingerprint density at radius 2 is 1.90 bits per heavy atom. The normalized spacial score (nSPS) is 11.4. The number of benzene rings is 2. The van der Waals surface area contributed by atoms with Gasteiger partial charge in [0.1, 0.15) is 0 Å². The third-order valence-electron chi connectivity index (χ3n) is 4.74. The van der Waals surface area contributed by atoms with Crippen LogP contribution in [0, 0.1) is 6.92 Å². The van der Waals surface area contributed by atoms with Gasteiger partial charge in [0.25, 0.3) is 5.56 Å². The molecule has 0 atom stereocenters. The largest absolute Gasteiger partial charge is 0.329 e. The summed E-state index contributed by atoms with van der Waals surface area (Å²) in [7, 11) is 1.56. The van der Waals surface area contributed by atoms with E-state index in [0.717, 1.165) is 16.7 Å². The fraction of sp³-hybridized carbons (Fsp3) is 0.143. The monoisotopic (exact) mass is 422 g/mol. The molecule has 2 aromatic heterocycles. The number of hydrogen-bond donors (Lipinski definition) is 2. The average molecular weight is 423 g/mol. The lowest BCUT2D eigenvalue weighted by Gasteiger charge is -2.08. The average Bonchev–Trinajstić information content (AvgIpc) is 3.08. The molecule has 0 saturated carbocycles. The van der Waals surface area contributed by atoms with Crippen LogP contribution >= 0.6 is 11.6 Å². The van der Waals surface area contributed by atoms with Gasteiger partial charge in [-0.15, -0.1) is 0 Å². The van der Waals surface area contributed by atoms with Crippen LogP contribution in [0.2, 0.25) is 5.02 Å². The molecule has 0 fully saturated rings. The second-order valence-corrected chi connectivity index (χ2v) is 7.30. The Balaban J connectivity index is 1.79. The van der Waals surface area contributed by atoms with Gasteiger partial charge in [-0.2, -0.15) is 10.1 Å². The maximum atomic E-state index is 12.6. The predicted octanol–water partition coefficient (Wildman–Crippen LogP) is 2.88. The van der Waals surface area contributed by atoms with Crippen molar-refractivity contribution in [3.8, 4) is 0 Å². The Kier molecular flexibility index (Phi) is 5.24. The second-order valence-electron chi connectivity index (χ2n) is 6.89. The minimum Gasteiger partial charge on any atom is -0.298 e. The molecule has 152 valence electrons. The Hall–Kier alpha value is -3.65. The third kappa shape index (κ3) is 3.77. The zero-order valence-electron chi connectivity index (χ0n) is 16.4. The smallest absolute Gasteiger partial charge is 0.298 e. The summed E-state index contributed by atoms with van der Waals surface area (Å²) in [5, 5.41) is 4.79. The van der Waals surface area contributed by atoms with Gasteiger partial charge in [-0.3, -0.25) is 18.9 Å². The van der Waals surface area contributed by atoms with Crippen LogP contribution in [-0.4, -0.2) is 25.3 Å². The standard InChI is InChI=1S/C21H19ClN6O2/c1-13-7-9-14(10-8-13)12-28-17-18(27(2)21(30)25-19(17)29)24-20(28)26-23-11-15-5-3-4-6-16(15)22/h3-11H,12H2,1-2H3,(H,24,26)(H,25,29,30). The van der Waals surface area contributed by atoms with E-state index in [9.17, 15) is 9.59 Å². The molecule has 0 aliphatic heterocycles. The van der Waals surface area contributed by atoms with Crippen molar-refractivity contribution >= 4 is 34.9 Å². The molecule has 0 radical (unpaired) electrons. The van der Waals surface area contributed by atoms with Crippen molar-refractivity contribution in [2.45, 2.75) is 13.5 Å². The first-order valence-corrected chi connectivity index (χ1v) is 9.60. The molecule has 0 aliphatic carbocycles. The molecular weight excluding hydrogens is 404 g/mol. The molecule has 0 spiro atoms. The van der Waals surface area contributed by atoms with Gasteiger partial charge in [0.05, 0.1) is 12.8 Å². The Morgan fingerprint density at radius 1 is 1.17 bits per heavy atom. The molecule has 4 aromatic rings. The summed E-state index contributed by atoms with van der Waals surface area (Å²) in [5.41, 5.74) is 5.25. The van der Waals surface area contributed by atoms with E-state index in [2.05, 4.69) is 20.5 Å². The molecular formula is C21H19ClN6O2. The van der Waals surface area contributed by atoms with E-state index in [1.54, 1.807) is 23.9 Å². The predicted molar refractivity (Wildman–Crippen MR) is 119 cm³/mol. The summed E-state index contributed by atoms with van der Waals surface area (Å²) in [5.74, 6) is 0.334. The highest BCUT2D eigenvalue weighted by atomic mass is 35.5. The Morgan fingerprint density at radius 3 is 2.63 bits per heavy atom. The molecule has 8 nitrogen and oxygen atoms in total. The highest BCUT2D eigenvalue weighted by molar-refractivity contribution is 6.33. The van der Waals surface area contributed by atoms with Crippen LogP contribution in [0.3, 0.4) is 0 Å². The van der Waals surface area contributed by atoms with Crippen molar-refractivity contribution in [2.75, 3.05) is 5.43 Å². The van der Waals surface area contributed by atoms with E-state index in [0.29, 0.717) is 17.5 Å². The number of imidazole rings is 1. The van der Waals surface area contributed by atoms with Gasteiger partial charge >= 0.3 is 5.69 Å². The minimum absolute atomic E-state index is 0.270. The van der Waals surface area contributed by atoms with Crippen LogP contribution < -0.4 is 16.7 Å². The maximum absolute atomic E-state index is 12.6. The topological polar surface area (TPSA) is 97.1 Å². The van der Waals surface area contributed by atoms with Crippen LogP contribution in [0.4, 0.5) is 5.95 Å². The molecule has 2 aromatic carbocycles. The van der Waals surface area contributed by atoms with E-state index >= 15 is 0 Å². The quantitative estimate of drug-likeness (QED) is 0.381. The van der Waals surface area contributed by atoms with E-state index in [1.807, 2.05) is 49.4 Å². The van der Waals surface area contributed by atoms with E-state index in [-0.39, 0.29) is 11.2 Å². The van der Waals surface area contributed by atoms with Gasteiger partial charge < -0.3 is 0 Å². The highest BCUT2D eigenvalue weighted by Crippen LogP contribution is 2.18. The lowest BCUT2D eigenvalue weighted by molar-refractivity contribution is 0.808. The van der Waals surface area contributed by atoms with E-state index in [4.69, 9.17) is 11.6 Å². The molecule has 4 rings (SSSR count). The number of rotatable bonds is 5. The van der Waals surface area contributed by atoms with Crippen LogP contribution in [-0.2, 0) is 13.6 Å². The van der Waals surface area contributed by atoms with Gasteiger partial charge in [0.2, 0.25) is 5.95 Å². The van der Waals surface area contributed by atoms with Crippen LogP contribution in [0.15, 0.2) is 63.2 Å². The summed E-state index contributed by atoms with van der Waals surface area (Å²) in [6.45, 7) is 2.38. The molecule has 30 heavy (non-hydrogen) atoms. The number of anilines is 1. The van der Waals surface area contributed by atoms with Gasteiger partial charge in [-0.1, -0.05) is 59.6 Å². The zero-order valence-corrected chi connectivity index (χ0v) is 17.1. The number of halogens is 1. The van der Waals surface area contributed by atoms with Crippen molar-refractivity contribution in [1.82, 2.24) is 19.1 Å². The summed E-state index contributed by atoms with van der Waals surface area (Å²) in [4.78, 5) is 31.3. The number of nitrogens with zero attached hydrogens (tertiary/aromatic N) is 4. The Labute approximate surface area is 176 Å². The number of H-pyrrole nitrogens is 1. The zero-order chi connectivity index (χ0) is 21.3. The van der Waals surface area contributed by atoms with Crippen LogP contribution in [0.5, 0.6) is 0 Å². The lowest BCUT2D eigenvalue weighted by atomic mass is 10.1. The molecule has 9 heteroatoms. The summed E-state index contributed by atoms with van der Waals surface area (Å²) < 4.78 is 2.99. The first-order chi connectivity index (χ1) is 14.4. The number of aryl methyl sites for hydroxylation is 2. The van der Waals surface area contributed by atoms with E-state index in [1.165, 1.54) is 4.57 Å². The summed E-state index contributed by atoms with van der Waals surface area (Å²) in [6, 6.07) is 15.2. The fourth-order valence-electron chi connectivity index (χ4n) is 3.09. The first kappa shape index (κ1) is 19.7. The first-order valence-electron chi connectivity index (χ1n) is 9.23. The summed E-state index contributed by atoms with van der Waals surface area (Å²) >= 11 is 6.16. The molecule has 0 amide bonds.